The van der Waals surface area contributed by atoms with Gasteiger partial charge >= 0.3 is 11.9 Å². The maximum Gasteiger partial charge on any atom is 0.361 e. The van der Waals surface area contributed by atoms with Gasteiger partial charge in [0.2, 0.25) is 4.75 Å². The minimum Gasteiger partial charge on any atom is -0.481 e. The SMILES string of the molecule is C[S+](C)C1(C(=O)O)CC1C(=O)O. The van der Waals surface area contributed by atoms with Gasteiger partial charge in [0.25, 0.3) is 0 Å². The van der Waals surface area contributed by atoms with E-state index in [0.29, 0.717) is 0 Å². The van der Waals surface area contributed by atoms with Gasteiger partial charge in [-0.2, -0.15) is 0 Å². The molecule has 1 aliphatic carbocycles. The molecular weight excluding hydrogens is 180 g/mol. The summed E-state index contributed by atoms with van der Waals surface area (Å²) in [4.78, 5) is 21.3. The molecule has 0 aromatic carbocycles. The molecule has 2 N–H and O–H groups in total. The summed E-state index contributed by atoms with van der Waals surface area (Å²) >= 11 is 0. The van der Waals surface area contributed by atoms with Gasteiger partial charge in [-0.05, 0) is 10.9 Å². The van der Waals surface area contributed by atoms with Gasteiger partial charge in [-0.3, -0.25) is 4.79 Å². The largest absolute Gasteiger partial charge is 0.481 e. The molecule has 0 heterocycles. The van der Waals surface area contributed by atoms with Crippen molar-refractivity contribution in [2.24, 2.45) is 5.92 Å². The van der Waals surface area contributed by atoms with Gasteiger partial charge < -0.3 is 10.2 Å². The summed E-state index contributed by atoms with van der Waals surface area (Å²) in [6.45, 7) is 0. The highest BCUT2D eigenvalue weighted by Gasteiger charge is 2.74. The second-order valence-electron chi connectivity index (χ2n) is 3.11. The van der Waals surface area contributed by atoms with Crippen LogP contribution < -0.4 is 0 Å². The molecule has 0 bridgehead atoms. The summed E-state index contributed by atoms with van der Waals surface area (Å²) in [5.74, 6) is -2.63. The number of rotatable bonds is 3. The third-order valence-corrected chi connectivity index (χ3v) is 4.38. The lowest BCUT2D eigenvalue weighted by molar-refractivity contribution is -0.143. The van der Waals surface area contributed by atoms with Crippen LogP contribution in [0.25, 0.3) is 0 Å². The van der Waals surface area contributed by atoms with Crippen molar-refractivity contribution >= 4 is 22.8 Å². The van der Waals surface area contributed by atoms with Crippen molar-refractivity contribution in [3.8, 4) is 0 Å². The van der Waals surface area contributed by atoms with Crippen LogP contribution in [-0.4, -0.2) is 39.4 Å². The zero-order valence-corrected chi connectivity index (χ0v) is 7.72. The molecule has 1 aliphatic rings. The molecule has 1 rings (SSSR count). The van der Waals surface area contributed by atoms with Crippen LogP contribution in [0.3, 0.4) is 0 Å². The summed E-state index contributed by atoms with van der Waals surface area (Å²) < 4.78 is -0.966. The normalized spacial score (nSPS) is 33.4. The third-order valence-electron chi connectivity index (χ3n) is 2.30. The van der Waals surface area contributed by atoms with Crippen LogP contribution in [0.15, 0.2) is 0 Å². The van der Waals surface area contributed by atoms with E-state index < -0.39 is 22.6 Å². The van der Waals surface area contributed by atoms with Crippen LogP contribution in [-0.2, 0) is 20.5 Å². The van der Waals surface area contributed by atoms with Crippen molar-refractivity contribution in [3.05, 3.63) is 0 Å². The number of hydrogen-bond acceptors (Lipinski definition) is 2. The van der Waals surface area contributed by atoms with Gasteiger partial charge in [-0.25, -0.2) is 4.79 Å². The molecule has 2 atom stereocenters. The fourth-order valence-corrected chi connectivity index (χ4v) is 2.91. The quantitative estimate of drug-likeness (QED) is 0.605. The number of aliphatic carboxylic acids is 2. The highest BCUT2D eigenvalue weighted by molar-refractivity contribution is 7.98. The highest BCUT2D eigenvalue weighted by atomic mass is 32.2. The minimum absolute atomic E-state index is 0.285. The smallest absolute Gasteiger partial charge is 0.361 e. The van der Waals surface area contributed by atoms with E-state index in [0.717, 1.165) is 0 Å². The molecule has 0 spiro atoms. The number of hydrogen-bond donors (Lipinski definition) is 2. The molecule has 0 radical (unpaired) electrons. The monoisotopic (exact) mass is 191 g/mol. The first-order valence-corrected chi connectivity index (χ1v) is 5.51. The van der Waals surface area contributed by atoms with Gasteiger partial charge in [0, 0.05) is 6.42 Å². The second-order valence-corrected chi connectivity index (χ2v) is 5.47. The van der Waals surface area contributed by atoms with Crippen LogP contribution in [0.1, 0.15) is 6.42 Å². The zero-order valence-electron chi connectivity index (χ0n) is 6.90. The van der Waals surface area contributed by atoms with Gasteiger partial charge in [0.15, 0.2) is 0 Å². The highest BCUT2D eigenvalue weighted by Crippen LogP contribution is 2.50. The Morgan fingerprint density at radius 2 is 1.92 bits per heavy atom. The lowest BCUT2D eigenvalue weighted by atomic mass is 10.3. The van der Waals surface area contributed by atoms with Crippen molar-refractivity contribution in [2.45, 2.75) is 11.2 Å². The maximum absolute atomic E-state index is 10.8. The second kappa shape index (κ2) is 2.65. The van der Waals surface area contributed by atoms with Gasteiger partial charge in [-0.15, -0.1) is 0 Å². The topological polar surface area (TPSA) is 74.6 Å². The standard InChI is InChI=1S/C7H10O4S/c1-12(2)7(6(10)11)3-4(7)5(8)9/h4H,3H2,1-2H3,(H-,8,9,10,11)/p+1. The average Bonchev–Trinajstić information content (AvgIpc) is 2.60. The predicted molar refractivity (Wildman–Crippen MR) is 45.3 cm³/mol. The fourth-order valence-electron chi connectivity index (χ4n) is 1.39. The molecule has 12 heavy (non-hydrogen) atoms. The van der Waals surface area contributed by atoms with E-state index >= 15 is 0 Å². The van der Waals surface area contributed by atoms with Crippen LogP contribution in [0.5, 0.6) is 0 Å². The maximum atomic E-state index is 10.8. The lowest BCUT2D eigenvalue weighted by Crippen LogP contribution is -2.35. The summed E-state index contributed by atoms with van der Waals surface area (Å²) in [5, 5.41) is 17.5. The van der Waals surface area contributed by atoms with Crippen molar-refractivity contribution in [3.63, 3.8) is 0 Å². The van der Waals surface area contributed by atoms with Gasteiger partial charge in [0.1, 0.15) is 5.92 Å². The number of carboxylic acids is 2. The van der Waals surface area contributed by atoms with E-state index in [-0.39, 0.29) is 17.3 Å². The van der Waals surface area contributed by atoms with E-state index in [2.05, 4.69) is 0 Å². The van der Waals surface area contributed by atoms with Crippen molar-refractivity contribution in [2.75, 3.05) is 12.5 Å². The molecule has 0 aromatic heterocycles. The molecule has 0 aromatic rings. The Labute approximate surface area is 72.9 Å². The molecule has 0 saturated heterocycles. The van der Waals surface area contributed by atoms with Crippen LogP contribution in [0.2, 0.25) is 0 Å². The van der Waals surface area contributed by atoms with E-state index in [1.807, 2.05) is 0 Å². The predicted octanol–water partition coefficient (Wildman–Crippen LogP) is -0.208. The first-order valence-electron chi connectivity index (χ1n) is 3.47. The first kappa shape index (κ1) is 9.38. The number of carbonyl (C=O) groups is 2. The first-order chi connectivity index (χ1) is 5.43. The molecule has 0 amide bonds. The molecule has 4 nitrogen and oxygen atoms in total. The zero-order chi connectivity index (χ0) is 9.52. The van der Waals surface area contributed by atoms with Crippen molar-refractivity contribution in [1.82, 2.24) is 0 Å². The van der Waals surface area contributed by atoms with Crippen LogP contribution in [0.4, 0.5) is 0 Å². The van der Waals surface area contributed by atoms with E-state index in [4.69, 9.17) is 10.2 Å². The molecule has 2 unspecified atom stereocenters. The summed E-state index contributed by atoms with van der Waals surface area (Å²) in [5.41, 5.74) is 0. The van der Waals surface area contributed by atoms with E-state index in [9.17, 15) is 9.59 Å². The minimum atomic E-state index is -0.987. The van der Waals surface area contributed by atoms with Gasteiger partial charge in [0.05, 0.1) is 12.5 Å². The molecule has 1 fully saturated rings. The summed E-state index contributed by atoms with van der Waals surface area (Å²) in [7, 11) is -0.376. The molecule has 1 saturated carbocycles. The summed E-state index contributed by atoms with van der Waals surface area (Å²) in [6.07, 6.45) is 3.84. The Morgan fingerprint density at radius 1 is 1.42 bits per heavy atom. The van der Waals surface area contributed by atoms with Crippen molar-refractivity contribution < 1.29 is 19.8 Å². The average molecular weight is 191 g/mol. The molecule has 0 aliphatic heterocycles. The molecule has 68 valence electrons. The molecule has 5 heteroatoms. The Balaban J connectivity index is 2.83. The Morgan fingerprint density at radius 3 is 2.00 bits per heavy atom. The summed E-state index contributed by atoms with van der Waals surface area (Å²) in [6, 6.07) is 0. The van der Waals surface area contributed by atoms with Crippen LogP contribution in [0, 0.1) is 5.92 Å². The van der Waals surface area contributed by atoms with E-state index in [1.165, 1.54) is 0 Å². The van der Waals surface area contributed by atoms with E-state index in [1.54, 1.807) is 12.5 Å². The Hall–Kier alpha value is -0.710. The van der Waals surface area contributed by atoms with Crippen LogP contribution >= 0.6 is 0 Å². The Kier molecular flexibility index (Phi) is 2.07. The fraction of sp³-hybridized carbons (Fsp3) is 0.714. The van der Waals surface area contributed by atoms with Gasteiger partial charge in [-0.1, -0.05) is 0 Å². The third kappa shape index (κ3) is 1.08. The Bertz CT molecular complexity index is 238. The number of carboxylic acid groups (broad SMARTS) is 2. The lowest BCUT2D eigenvalue weighted by Gasteiger charge is -2.06. The van der Waals surface area contributed by atoms with Crippen molar-refractivity contribution in [1.29, 1.82) is 0 Å². The molecular formula is C7H11O4S+.